The Labute approximate surface area is 177 Å². The minimum Gasteiger partial charge on any atom is -0.322 e. The molecule has 0 atom stereocenters. The van der Waals surface area contributed by atoms with Crippen molar-refractivity contribution in [1.29, 1.82) is 0 Å². The van der Waals surface area contributed by atoms with Crippen LogP contribution in [0.15, 0.2) is 47.4 Å². The van der Waals surface area contributed by atoms with E-state index in [1.54, 1.807) is 62.1 Å². The maximum absolute atomic E-state index is 12.9. The van der Waals surface area contributed by atoms with Gasteiger partial charge in [-0.05, 0) is 49.2 Å². The van der Waals surface area contributed by atoms with E-state index in [2.05, 4.69) is 5.32 Å². The van der Waals surface area contributed by atoms with E-state index in [1.807, 2.05) is 0 Å². The first-order valence-corrected chi connectivity index (χ1v) is 11.5. The highest BCUT2D eigenvalue weighted by Gasteiger charge is 2.25. The third-order valence-corrected chi connectivity index (χ3v) is 7.45. The smallest absolute Gasteiger partial charge is 0.255 e. The Bertz CT molecular complexity index is 1060. The SMILES string of the molecule is CCN(CC)S(=O)(=O)c1cc(NC(=O)c2cccc(N3CCCC3=O)c2)ccc1C. The summed E-state index contributed by atoms with van der Waals surface area (Å²) < 4.78 is 27.2. The maximum Gasteiger partial charge on any atom is 0.255 e. The largest absolute Gasteiger partial charge is 0.322 e. The van der Waals surface area contributed by atoms with Crippen molar-refractivity contribution in [2.45, 2.75) is 38.5 Å². The van der Waals surface area contributed by atoms with Crippen LogP contribution < -0.4 is 10.2 Å². The van der Waals surface area contributed by atoms with Crippen LogP contribution in [0.5, 0.6) is 0 Å². The highest BCUT2D eigenvalue weighted by Crippen LogP contribution is 2.25. The number of nitrogens with zero attached hydrogens (tertiary/aromatic N) is 2. The fourth-order valence-corrected chi connectivity index (χ4v) is 5.31. The zero-order valence-electron chi connectivity index (χ0n) is 17.5. The lowest BCUT2D eigenvalue weighted by Crippen LogP contribution is -2.31. The van der Waals surface area contributed by atoms with Crippen LogP contribution in [-0.4, -0.2) is 44.2 Å². The molecule has 0 unspecified atom stereocenters. The van der Waals surface area contributed by atoms with Crippen LogP contribution in [0.3, 0.4) is 0 Å². The summed E-state index contributed by atoms with van der Waals surface area (Å²) in [5.74, 6) is -0.309. The number of rotatable bonds is 7. The van der Waals surface area contributed by atoms with Crippen molar-refractivity contribution in [1.82, 2.24) is 4.31 Å². The first-order valence-electron chi connectivity index (χ1n) is 10.1. The molecule has 1 aliphatic rings. The second kappa shape index (κ2) is 8.97. The molecule has 8 heteroatoms. The van der Waals surface area contributed by atoms with Gasteiger partial charge in [-0.25, -0.2) is 8.42 Å². The highest BCUT2D eigenvalue weighted by molar-refractivity contribution is 7.89. The minimum absolute atomic E-state index is 0.0531. The zero-order valence-corrected chi connectivity index (χ0v) is 18.3. The van der Waals surface area contributed by atoms with Crippen LogP contribution >= 0.6 is 0 Å². The average Bonchev–Trinajstić information content (AvgIpc) is 3.16. The van der Waals surface area contributed by atoms with E-state index in [9.17, 15) is 18.0 Å². The number of amides is 2. The summed E-state index contributed by atoms with van der Waals surface area (Å²) in [5.41, 5.74) is 2.12. The van der Waals surface area contributed by atoms with E-state index < -0.39 is 10.0 Å². The molecule has 30 heavy (non-hydrogen) atoms. The van der Waals surface area contributed by atoms with Gasteiger partial charge < -0.3 is 10.2 Å². The Morgan fingerprint density at radius 1 is 1.13 bits per heavy atom. The number of nitrogens with one attached hydrogen (secondary N) is 1. The van der Waals surface area contributed by atoms with E-state index in [-0.39, 0.29) is 16.7 Å². The summed E-state index contributed by atoms with van der Waals surface area (Å²) in [6.07, 6.45) is 1.33. The molecule has 1 heterocycles. The van der Waals surface area contributed by atoms with Crippen LogP contribution in [-0.2, 0) is 14.8 Å². The molecule has 1 fully saturated rings. The van der Waals surface area contributed by atoms with Crippen LogP contribution in [0, 0.1) is 6.92 Å². The Hall–Kier alpha value is -2.71. The Morgan fingerprint density at radius 2 is 1.87 bits per heavy atom. The lowest BCUT2D eigenvalue weighted by molar-refractivity contribution is -0.117. The number of anilines is 2. The van der Waals surface area contributed by atoms with Crippen molar-refractivity contribution in [2.75, 3.05) is 29.9 Å². The van der Waals surface area contributed by atoms with Crippen molar-refractivity contribution in [3.63, 3.8) is 0 Å². The molecule has 2 aromatic rings. The normalized spacial score (nSPS) is 14.4. The lowest BCUT2D eigenvalue weighted by Gasteiger charge is -2.20. The van der Waals surface area contributed by atoms with Gasteiger partial charge in [-0.2, -0.15) is 4.31 Å². The topological polar surface area (TPSA) is 86.8 Å². The molecule has 2 aromatic carbocycles. The summed E-state index contributed by atoms with van der Waals surface area (Å²) in [6, 6.07) is 11.8. The van der Waals surface area contributed by atoms with Gasteiger partial charge in [0.05, 0.1) is 4.90 Å². The molecule has 1 saturated heterocycles. The van der Waals surface area contributed by atoms with Gasteiger partial charge in [-0.15, -0.1) is 0 Å². The van der Waals surface area contributed by atoms with Gasteiger partial charge >= 0.3 is 0 Å². The molecule has 7 nitrogen and oxygen atoms in total. The van der Waals surface area contributed by atoms with E-state index in [0.29, 0.717) is 48.6 Å². The van der Waals surface area contributed by atoms with Gasteiger partial charge in [0.1, 0.15) is 0 Å². The molecule has 160 valence electrons. The molecule has 0 saturated carbocycles. The predicted molar refractivity (Wildman–Crippen MR) is 117 cm³/mol. The van der Waals surface area contributed by atoms with Gasteiger partial charge in [0.2, 0.25) is 15.9 Å². The number of carbonyl (C=O) groups is 2. The molecule has 0 spiro atoms. The van der Waals surface area contributed by atoms with Gasteiger partial charge in [0.25, 0.3) is 5.91 Å². The van der Waals surface area contributed by atoms with E-state index >= 15 is 0 Å². The van der Waals surface area contributed by atoms with Crippen molar-refractivity contribution >= 4 is 33.2 Å². The number of carbonyl (C=O) groups excluding carboxylic acids is 2. The fourth-order valence-electron chi connectivity index (χ4n) is 3.60. The van der Waals surface area contributed by atoms with Gasteiger partial charge in [-0.1, -0.05) is 26.0 Å². The minimum atomic E-state index is -3.64. The first kappa shape index (κ1) is 22.0. The quantitative estimate of drug-likeness (QED) is 0.731. The average molecular weight is 430 g/mol. The second-order valence-electron chi connectivity index (χ2n) is 7.22. The molecule has 1 N–H and O–H groups in total. The number of benzene rings is 2. The van der Waals surface area contributed by atoms with E-state index in [4.69, 9.17) is 0 Å². The summed E-state index contributed by atoms with van der Waals surface area (Å²) in [4.78, 5) is 26.6. The Balaban J connectivity index is 1.85. The number of hydrogen-bond donors (Lipinski definition) is 1. The van der Waals surface area contributed by atoms with Crippen molar-refractivity contribution in [3.05, 3.63) is 53.6 Å². The summed E-state index contributed by atoms with van der Waals surface area (Å²) >= 11 is 0. The monoisotopic (exact) mass is 429 g/mol. The van der Waals surface area contributed by atoms with Gasteiger partial charge in [0.15, 0.2) is 0 Å². The standard InChI is InChI=1S/C22H27N3O4S/c1-4-24(5-2)30(28,29)20-15-18(12-11-16(20)3)23-22(27)17-8-6-9-19(14-17)25-13-7-10-21(25)26/h6,8-9,11-12,14-15H,4-5,7,10,13H2,1-3H3,(H,23,27). The van der Waals surface area contributed by atoms with E-state index in [1.165, 1.54) is 10.4 Å². The van der Waals surface area contributed by atoms with Crippen LogP contribution in [0.1, 0.15) is 42.6 Å². The maximum atomic E-state index is 12.9. The summed E-state index contributed by atoms with van der Waals surface area (Å²) in [6.45, 7) is 6.71. The molecule has 0 aromatic heterocycles. The molecule has 0 aliphatic carbocycles. The first-order chi connectivity index (χ1) is 14.3. The molecule has 1 aliphatic heterocycles. The zero-order chi connectivity index (χ0) is 21.9. The molecule has 0 bridgehead atoms. The predicted octanol–water partition coefficient (Wildman–Crippen LogP) is 3.40. The molecule has 2 amide bonds. The van der Waals surface area contributed by atoms with E-state index in [0.717, 1.165) is 6.42 Å². The highest BCUT2D eigenvalue weighted by atomic mass is 32.2. The van der Waals surface area contributed by atoms with Crippen LogP contribution in [0.25, 0.3) is 0 Å². The third-order valence-electron chi connectivity index (χ3n) is 5.26. The number of sulfonamides is 1. The molecule has 0 radical (unpaired) electrons. The van der Waals surface area contributed by atoms with Crippen molar-refractivity contribution in [3.8, 4) is 0 Å². The Morgan fingerprint density at radius 3 is 2.50 bits per heavy atom. The Kier molecular flexibility index (Phi) is 6.58. The number of hydrogen-bond acceptors (Lipinski definition) is 4. The summed E-state index contributed by atoms with van der Waals surface area (Å²) in [5, 5.41) is 2.78. The summed E-state index contributed by atoms with van der Waals surface area (Å²) in [7, 11) is -3.64. The van der Waals surface area contributed by atoms with Crippen LogP contribution in [0.2, 0.25) is 0 Å². The fraction of sp³-hybridized carbons (Fsp3) is 0.364. The van der Waals surface area contributed by atoms with Gasteiger partial charge in [-0.3, -0.25) is 9.59 Å². The van der Waals surface area contributed by atoms with Crippen molar-refractivity contribution < 1.29 is 18.0 Å². The second-order valence-corrected chi connectivity index (χ2v) is 9.13. The van der Waals surface area contributed by atoms with Crippen LogP contribution in [0.4, 0.5) is 11.4 Å². The third kappa shape index (κ3) is 4.39. The van der Waals surface area contributed by atoms with Gasteiger partial charge in [0, 0.05) is 43.0 Å². The molecular formula is C22H27N3O4S. The number of aryl methyl sites for hydroxylation is 1. The molecular weight excluding hydrogens is 402 g/mol. The molecule has 3 rings (SSSR count). The lowest BCUT2D eigenvalue weighted by atomic mass is 10.1. The van der Waals surface area contributed by atoms with Crippen molar-refractivity contribution in [2.24, 2.45) is 0 Å².